The Morgan fingerprint density at radius 2 is 1.80 bits per heavy atom. The molecule has 0 aromatic heterocycles. The van der Waals surface area contributed by atoms with Crippen LogP contribution in [0.3, 0.4) is 0 Å². The van der Waals surface area contributed by atoms with Gasteiger partial charge in [0.25, 0.3) is 0 Å². The summed E-state index contributed by atoms with van der Waals surface area (Å²) in [7, 11) is 2.31. The summed E-state index contributed by atoms with van der Waals surface area (Å²) in [5.74, 6) is 0.754. The molecule has 0 aliphatic carbocycles. The van der Waals surface area contributed by atoms with E-state index in [2.05, 4.69) is 36.3 Å². The van der Waals surface area contributed by atoms with Crippen molar-refractivity contribution < 1.29 is 0 Å². The van der Waals surface area contributed by atoms with Gasteiger partial charge in [-0.2, -0.15) is 0 Å². The number of rotatable bonds is 4. The highest BCUT2D eigenvalue weighted by Crippen LogP contribution is 2.42. The molecule has 0 spiro atoms. The van der Waals surface area contributed by atoms with E-state index >= 15 is 0 Å². The predicted octanol–water partition coefficient (Wildman–Crippen LogP) is 3.86. The zero-order valence-electron chi connectivity index (χ0n) is 12.5. The lowest BCUT2D eigenvalue weighted by molar-refractivity contribution is 0.113. The minimum Gasteiger partial charge on any atom is -0.310 e. The summed E-state index contributed by atoms with van der Waals surface area (Å²) in [6.45, 7) is 3.22. The number of halogens is 1. The number of nitrogens with zero attached hydrogens (tertiary/aromatic N) is 1. The molecule has 2 aliphatic heterocycles. The maximum Gasteiger partial charge on any atom is 0.0406 e. The first-order valence-corrected chi connectivity index (χ1v) is 8.27. The molecule has 0 amide bonds. The van der Waals surface area contributed by atoms with Gasteiger partial charge in [-0.25, -0.2) is 0 Å². The van der Waals surface area contributed by atoms with Crippen molar-refractivity contribution in [3.63, 3.8) is 0 Å². The lowest BCUT2D eigenvalue weighted by atomic mass is 9.82. The van der Waals surface area contributed by atoms with E-state index in [1.807, 2.05) is 12.1 Å². The minimum atomic E-state index is 0.481. The molecule has 2 fully saturated rings. The molecule has 1 aromatic carbocycles. The fourth-order valence-corrected chi connectivity index (χ4v) is 4.30. The standard InChI is InChI=1S/C17H25ClN2/c1-3-19-17(12-4-6-14(18)7-5-12)13-10-15-8-9-16(11-13)20(15)2/h4-7,13,15-17,19H,3,8-11H2,1-2H3. The Hall–Kier alpha value is -0.570. The Balaban J connectivity index is 1.79. The first kappa shape index (κ1) is 14.4. The van der Waals surface area contributed by atoms with Crippen molar-refractivity contribution in [2.45, 2.75) is 50.7 Å². The third-order valence-corrected chi connectivity index (χ3v) is 5.51. The quantitative estimate of drug-likeness (QED) is 0.906. The van der Waals surface area contributed by atoms with Gasteiger partial charge in [-0.15, -0.1) is 0 Å². The lowest BCUT2D eigenvalue weighted by Gasteiger charge is -2.40. The van der Waals surface area contributed by atoms with Crippen LogP contribution in [0.4, 0.5) is 0 Å². The van der Waals surface area contributed by atoms with Crippen LogP contribution in [0.2, 0.25) is 5.02 Å². The van der Waals surface area contributed by atoms with Crippen molar-refractivity contribution in [2.24, 2.45) is 5.92 Å². The molecule has 20 heavy (non-hydrogen) atoms. The van der Waals surface area contributed by atoms with Crippen molar-refractivity contribution in [3.05, 3.63) is 34.9 Å². The molecule has 2 saturated heterocycles. The molecule has 0 saturated carbocycles. The molecule has 1 aromatic rings. The molecule has 3 rings (SSSR count). The van der Waals surface area contributed by atoms with Gasteiger partial charge >= 0.3 is 0 Å². The summed E-state index contributed by atoms with van der Waals surface area (Å²) in [6, 6.07) is 10.5. The highest BCUT2D eigenvalue weighted by molar-refractivity contribution is 6.30. The van der Waals surface area contributed by atoms with Crippen molar-refractivity contribution >= 4 is 11.6 Å². The monoisotopic (exact) mass is 292 g/mol. The van der Waals surface area contributed by atoms with Gasteiger partial charge in [0.05, 0.1) is 0 Å². The molecule has 2 aliphatic rings. The van der Waals surface area contributed by atoms with E-state index in [9.17, 15) is 0 Å². The molecule has 2 nitrogen and oxygen atoms in total. The van der Waals surface area contributed by atoms with Crippen molar-refractivity contribution in [2.75, 3.05) is 13.6 Å². The van der Waals surface area contributed by atoms with Crippen LogP contribution >= 0.6 is 11.6 Å². The van der Waals surface area contributed by atoms with Crippen LogP contribution in [-0.4, -0.2) is 30.6 Å². The highest BCUT2D eigenvalue weighted by atomic mass is 35.5. The molecule has 0 radical (unpaired) electrons. The maximum atomic E-state index is 6.03. The van der Waals surface area contributed by atoms with Crippen LogP contribution in [0.25, 0.3) is 0 Å². The average Bonchev–Trinajstić information content (AvgIpc) is 2.67. The van der Waals surface area contributed by atoms with Crippen LogP contribution < -0.4 is 5.32 Å². The molecule has 3 atom stereocenters. The van der Waals surface area contributed by atoms with E-state index in [0.717, 1.165) is 29.6 Å². The Bertz CT molecular complexity index is 431. The number of fused-ring (bicyclic) bond motifs is 2. The summed E-state index contributed by atoms with van der Waals surface area (Å²) in [4.78, 5) is 2.61. The van der Waals surface area contributed by atoms with E-state index in [4.69, 9.17) is 11.6 Å². The van der Waals surface area contributed by atoms with Gasteiger partial charge in [0.15, 0.2) is 0 Å². The third-order valence-electron chi connectivity index (χ3n) is 5.26. The molecular weight excluding hydrogens is 268 g/mol. The molecule has 3 unspecified atom stereocenters. The fourth-order valence-electron chi connectivity index (χ4n) is 4.17. The molecule has 2 bridgehead atoms. The summed E-state index contributed by atoms with van der Waals surface area (Å²) < 4.78 is 0. The Morgan fingerprint density at radius 3 is 2.35 bits per heavy atom. The number of nitrogens with one attached hydrogen (secondary N) is 1. The smallest absolute Gasteiger partial charge is 0.0406 e. The van der Waals surface area contributed by atoms with Gasteiger partial charge in [0.1, 0.15) is 0 Å². The van der Waals surface area contributed by atoms with Crippen LogP contribution in [0.5, 0.6) is 0 Å². The summed E-state index contributed by atoms with van der Waals surface area (Å²) in [5.41, 5.74) is 1.39. The van der Waals surface area contributed by atoms with Crippen LogP contribution in [-0.2, 0) is 0 Å². The van der Waals surface area contributed by atoms with Crippen molar-refractivity contribution in [1.82, 2.24) is 10.2 Å². The van der Waals surface area contributed by atoms with Gasteiger partial charge < -0.3 is 10.2 Å². The summed E-state index contributed by atoms with van der Waals surface area (Å²) in [6.07, 6.45) is 5.43. The second-order valence-electron chi connectivity index (χ2n) is 6.37. The predicted molar refractivity (Wildman–Crippen MR) is 85.2 cm³/mol. The van der Waals surface area contributed by atoms with E-state index in [1.165, 1.54) is 31.2 Å². The maximum absolute atomic E-state index is 6.03. The van der Waals surface area contributed by atoms with E-state index in [0.29, 0.717) is 6.04 Å². The van der Waals surface area contributed by atoms with Gasteiger partial charge in [0.2, 0.25) is 0 Å². The minimum absolute atomic E-state index is 0.481. The second kappa shape index (κ2) is 6.05. The number of hydrogen-bond donors (Lipinski definition) is 1. The molecule has 3 heteroatoms. The Labute approximate surface area is 127 Å². The fraction of sp³-hybridized carbons (Fsp3) is 0.647. The van der Waals surface area contributed by atoms with Gasteiger partial charge in [-0.05, 0) is 62.9 Å². The molecule has 2 heterocycles. The SMILES string of the molecule is CCNC(c1ccc(Cl)cc1)C1CC2CCC(C1)N2C. The largest absolute Gasteiger partial charge is 0.310 e. The first-order valence-electron chi connectivity index (χ1n) is 7.89. The summed E-state index contributed by atoms with van der Waals surface area (Å²) in [5, 5.41) is 4.54. The topological polar surface area (TPSA) is 15.3 Å². The summed E-state index contributed by atoms with van der Waals surface area (Å²) >= 11 is 6.03. The lowest BCUT2D eigenvalue weighted by Crippen LogP contribution is -2.43. The van der Waals surface area contributed by atoms with Crippen LogP contribution in [0, 0.1) is 5.92 Å². The molecular formula is C17H25ClN2. The van der Waals surface area contributed by atoms with Crippen molar-refractivity contribution in [3.8, 4) is 0 Å². The second-order valence-corrected chi connectivity index (χ2v) is 6.81. The van der Waals surface area contributed by atoms with Gasteiger partial charge in [0, 0.05) is 23.1 Å². The van der Waals surface area contributed by atoms with E-state index in [-0.39, 0.29) is 0 Å². The van der Waals surface area contributed by atoms with Gasteiger partial charge in [-0.3, -0.25) is 0 Å². The number of benzene rings is 1. The average molecular weight is 293 g/mol. The highest BCUT2D eigenvalue weighted by Gasteiger charge is 2.41. The zero-order valence-corrected chi connectivity index (χ0v) is 13.2. The number of hydrogen-bond acceptors (Lipinski definition) is 2. The zero-order chi connectivity index (χ0) is 14.1. The third kappa shape index (κ3) is 2.74. The normalized spacial score (nSPS) is 31.4. The molecule has 110 valence electrons. The molecule has 1 N–H and O–H groups in total. The van der Waals surface area contributed by atoms with Gasteiger partial charge in [-0.1, -0.05) is 30.7 Å². The van der Waals surface area contributed by atoms with Crippen LogP contribution in [0.1, 0.15) is 44.2 Å². The Kier molecular flexibility index (Phi) is 4.34. The van der Waals surface area contributed by atoms with Crippen molar-refractivity contribution in [1.29, 1.82) is 0 Å². The van der Waals surface area contributed by atoms with E-state index < -0.39 is 0 Å². The van der Waals surface area contributed by atoms with Crippen LogP contribution in [0.15, 0.2) is 24.3 Å². The number of piperidine rings is 1. The Morgan fingerprint density at radius 1 is 1.20 bits per heavy atom. The van der Waals surface area contributed by atoms with E-state index in [1.54, 1.807) is 0 Å². The first-order chi connectivity index (χ1) is 9.69.